The first-order chi connectivity index (χ1) is 3.30. The standard InChI is InChI=1S/C2H3N3O2/c6-2-1-3-4-5(2)7/h3H,1H2. The Labute approximate surface area is 39.2 Å². The first-order valence-electron chi connectivity index (χ1n) is 1.74. The molecule has 0 aromatic carbocycles. The smallest absolute Gasteiger partial charge is 0.376 e. The lowest BCUT2D eigenvalue weighted by molar-refractivity contribution is -0.440. The number of carbonyl (C=O) groups is 1. The molecule has 0 aromatic rings. The minimum absolute atomic E-state index is 0.0278. The van der Waals surface area contributed by atoms with Crippen LogP contribution in [0.3, 0.4) is 0 Å². The van der Waals surface area contributed by atoms with E-state index in [0.29, 0.717) is 0 Å². The second kappa shape index (κ2) is 1.18. The lowest BCUT2D eigenvalue weighted by atomic mass is 10.7. The number of hydrogen-bond acceptors (Lipinski definition) is 4. The van der Waals surface area contributed by atoms with Gasteiger partial charge in [-0.05, 0) is 0 Å². The fraction of sp³-hybridized carbons (Fsp3) is 0.500. The van der Waals surface area contributed by atoms with Crippen LogP contribution >= 0.6 is 0 Å². The molecule has 1 aliphatic rings. The quantitative estimate of drug-likeness (QED) is 0.314. The number of nitrogens with one attached hydrogen (secondary N) is 1. The lowest BCUT2D eigenvalue weighted by Gasteiger charge is -1.87. The largest absolute Gasteiger partial charge is 0.688 e. The van der Waals surface area contributed by atoms with Gasteiger partial charge < -0.3 is 5.21 Å². The van der Waals surface area contributed by atoms with Gasteiger partial charge in [-0.15, -0.1) is 0 Å². The number of rotatable bonds is 0. The highest BCUT2D eigenvalue weighted by molar-refractivity contribution is 5.69. The molecule has 7 heavy (non-hydrogen) atoms. The molecule has 0 aromatic heterocycles. The summed E-state index contributed by atoms with van der Waals surface area (Å²) in [5.41, 5.74) is 2.21. The molecule has 5 nitrogen and oxygen atoms in total. The van der Waals surface area contributed by atoms with Crippen molar-refractivity contribution >= 4 is 5.91 Å². The molecule has 0 atom stereocenters. The van der Waals surface area contributed by atoms with E-state index in [1.807, 2.05) is 0 Å². The topological polar surface area (TPSA) is 67.5 Å². The van der Waals surface area contributed by atoms with E-state index in [1.54, 1.807) is 0 Å². The lowest BCUT2D eigenvalue weighted by Crippen LogP contribution is -2.12. The molecule has 1 N–H and O–H groups in total. The zero-order chi connectivity index (χ0) is 5.28. The molecule has 0 spiro atoms. The molecule has 38 valence electrons. The number of hydrogen-bond donors (Lipinski definition) is 1. The van der Waals surface area contributed by atoms with Crippen LogP contribution in [0.25, 0.3) is 0 Å². The highest BCUT2D eigenvalue weighted by Crippen LogP contribution is 1.81. The van der Waals surface area contributed by atoms with Crippen molar-refractivity contribution in [2.75, 3.05) is 6.54 Å². The van der Waals surface area contributed by atoms with E-state index >= 15 is 0 Å². The van der Waals surface area contributed by atoms with Crippen LogP contribution < -0.4 is 5.43 Å². The maximum atomic E-state index is 10.0. The second-order valence-electron chi connectivity index (χ2n) is 1.10. The molecule has 0 aliphatic carbocycles. The van der Waals surface area contributed by atoms with Crippen LogP contribution in [-0.2, 0) is 4.79 Å². The predicted molar refractivity (Wildman–Crippen MR) is 19.1 cm³/mol. The Morgan fingerprint density at radius 3 is 2.86 bits per heavy atom. The van der Waals surface area contributed by atoms with Gasteiger partial charge in [0.25, 0.3) is 0 Å². The molecule has 5 heteroatoms. The third-order valence-corrected chi connectivity index (χ3v) is 0.605. The zero-order valence-corrected chi connectivity index (χ0v) is 3.42. The summed E-state index contributed by atoms with van der Waals surface area (Å²) in [5.74, 6) is -0.542. The SMILES string of the molecule is O=C1CNN=[N+]1[O-]. The normalized spacial score (nSPS) is 18.9. The van der Waals surface area contributed by atoms with Crippen LogP contribution in [0.4, 0.5) is 0 Å². The first kappa shape index (κ1) is 4.04. The van der Waals surface area contributed by atoms with Crippen molar-refractivity contribution in [3.8, 4) is 0 Å². The van der Waals surface area contributed by atoms with Crippen molar-refractivity contribution in [3.63, 3.8) is 0 Å². The number of nitrogens with zero attached hydrogens (tertiary/aromatic N) is 2. The molecular formula is C2H3N3O2. The average molecular weight is 101 g/mol. The van der Waals surface area contributed by atoms with Crippen LogP contribution in [0.5, 0.6) is 0 Å². The van der Waals surface area contributed by atoms with Crippen molar-refractivity contribution in [2.24, 2.45) is 5.22 Å². The van der Waals surface area contributed by atoms with Gasteiger partial charge in [0.1, 0.15) is 0 Å². The molecule has 0 radical (unpaired) electrons. The predicted octanol–water partition coefficient (Wildman–Crippen LogP) is -1.01. The summed E-state index contributed by atoms with van der Waals surface area (Å²) in [6.45, 7) is 0.0312. The Bertz CT molecular complexity index is 129. The maximum Gasteiger partial charge on any atom is 0.376 e. The molecule has 0 unspecified atom stereocenters. The molecule has 0 saturated heterocycles. The van der Waals surface area contributed by atoms with Gasteiger partial charge in [-0.3, -0.25) is 0 Å². The second-order valence-corrected chi connectivity index (χ2v) is 1.10. The molecule has 0 bridgehead atoms. The molecule has 1 heterocycles. The molecule has 1 rings (SSSR count). The fourth-order valence-corrected chi connectivity index (χ4v) is 0.291. The summed E-state index contributed by atoms with van der Waals surface area (Å²) in [7, 11) is 0. The van der Waals surface area contributed by atoms with E-state index in [4.69, 9.17) is 0 Å². The van der Waals surface area contributed by atoms with E-state index in [2.05, 4.69) is 10.6 Å². The van der Waals surface area contributed by atoms with Gasteiger partial charge in [0.05, 0.1) is 5.22 Å². The highest BCUT2D eigenvalue weighted by Gasteiger charge is 2.14. The Morgan fingerprint density at radius 2 is 2.71 bits per heavy atom. The van der Waals surface area contributed by atoms with E-state index in [0.717, 1.165) is 0 Å². The summed E-state index contributed by atoms with van der Waals surface area (Å²) in [6, 6.07) is 0. The van der Waals surface area contributed by atoms with E-state index < -0.39 is 5.91 Å². The van der Waals surface area contributed by atoms with Crippen LogP contribution in [0.1, 0.15) is 0 Å². The van der Waals surface area contributed by atoms with Gasteiger partial charge in [-0.25, -0.2) is 4.79 Å². The van der Waals surface area contributed by atoms with Gasteiger partial charge in [0, 0.05) is 0 Å². The summed E-state index contributed by atoms with van der Waals surface area (Å²) in [6.07, 6.45) is 0. The minimum atomic E-state index is -0.542. The van der Waals surface area contributed by atoms with E-state index in [-0.39, 0.29) is 11.4 Å². The van der Waals surface area contributed by atoms with Crippen LogP contribution in [-0.4, -0.2) is 17.3 Å². The minimum Gasteiger partial charge on any atom is -0.688 e. The third-order valence-electron chi connectivity index (χ3n) is 0.605. The van der Waals surface area contributed by atoms with Crippen molar-refractivity contribution < 1.29 is 9.66 Å². The monoisotopic (exact) mass is 101 g/mol. The van der Waals surface area contributed by atoms with E-state index in [9.17, 15) is 10.0 Å². The van der Waals surface area contributed by atoms with Crippen LogP contribution in [0, 0.1) is 5.21 Å². The van der Waals surface area contributed by atoms with Crippen molar-refractivity contribution in [3.05, 3.63) is 5.21 Å². The summed E-state index contributed by atoms with van der Waals surface area (Å²) in [5, 5.41) is 12.9. The maximum absolute atomic E-state index is 10.0. The molecule has 1 aliphatic heterocycles. The Hall–Kier alpha value is -1.13. The Balaban J connectivity index is 2.72. The van der Waals surface area contributed by atoms with Crippen molar-refractivity contribution in [1.82, 2.24) is 5.43 Å². The average Bonchev–Trinajstić information content (AvgIpc) is 1.91. The van der Waals surface area contributed by atoms with E-state index in [1.165, 1.54) is 0 Å². The number of carbonyl (C=O) groups excluding carboxylic acids is 1. The van der Waals surface area contributed by atoms with Gasteiger partial charge in [-0.1, -0.05) is 4.86 Å². The number of hydroxylamine groups is 1. The third kappa shape index (κ3) is 0.510. The molecule has 0 saturated carbocycles. The fourth-order valence-electron chi connectivity index (χ4n) is 0.291. The Kier molecular flexibility index (Phi) is 0.680. The van der Waals surface area contributed by atoms with Gasteiger partial charge in [0.15, 0.2) is 0 Å². The number of amides is 1. The summed E-state index contributed by atoms with van der Waals surface area (Å²) in [4.78, 5) is 10.1. The van der Waals surface area contributed by atoms with Crippen molar-refractivity contribution in [2.45, 2.75) is 0 Å². The van der Waals surface area contributed by atoms with Crippen LogP contribution in [0.2, 0.25) is 0 Å². The first-order valence-corrected chi connectivity index (χ1v) is 1.74. The molecule has 1 amide bonds. The van der Waals surface area contributed by atoms with Gasteiger partial charge in [0.2, 0.25) is 6.54 Å². The van der Waals surface area contributed by atoms with Crippen LogP contribution in [0.15, 0.2) is 5.22 Å². The summed E-state index contributed by atoms with van der Waals surface area (Å²) < 4.78 is 0. The summed E-state index contributed by atoms with van der Waals surface area (Å²) >= 11 is 0. The zero-order valence-electron chi connectivity index (χ0n) is 3.42. The van der Waals surface area contributed by atoms with Gasteiger partial charge in [-0.2, -0.15) is 5.43 Å². The molecular weight excluding hydrogens is 98.0 g/mol. The highest BCUT2D eigenvalue weighted by atomic mass is 16.5. The van der Waals surface area contributed by atoms with Crippen molar-refractivity contribution in [1.29, 1.82) is 0 Å². The Morgan fingerprint density at radius 1 is 2.00 bits per heavy atom. The molecule has 0 fully saturated rings. The van der Waals surface area contributed by atoms with Gasteiger partial charge >= 0.3 is 5.91 Å².